The molecular formula is C26H31NO8. The molecule has 0 saturated carbocycles. The molecule has 0 spiro atoms. The molecule has 1 aliphatic rings. The van der Waals surface area contributed by atoms with Gasteiger partial charge in [-0.1, -0.05) is 6.07 Å². The monoisotopic (exact) mass is 485 g/mol. The van der Waals surface area contributed by atoms with Gasteiger partial charge in [0.15, 0.2) is 11.5 Å². The van der Waals surface area contributed by atoms with E-state index in [1.54, 1.807) is 44.4 Å². The van der Waals surface area contributed by atoms with Gasteiger partial charge in [0, 0.05) is 26.3 Å². The van der Waals surface area contributed by atoms with Crippen LogP contribution in [0.5, 0.6) is 23.0 Å². The smallest absolute Gasteiger partial charge is 0.295 e. The second-order valence-corrected chi connectivity index (χ2v) is 7.79. The number of benzene rings is 2. The summed E-state index contributed by atoms with van der Waals surface area (Å²) in [5.74, 6) is -0.978. The third kappa shape index (κ3) is 5.35. The van der Waals surface area contributed by atoms with Crippen LogP contribution in [-0.2, 0) is 14.3 Å². The molecule has 1 heterocycles. The van der Waals surface area contributed by atoms with Crippen molar-refractivity contribution in [2.45, 2.75) is 26.3 Å². The number of carbonyl (C=O) groups is 2. The summed E-state index contributed by atoms with van der Waals surface area (Å²) < 4.78 is 21.5. The zero-order chi connectivity index (χ0) is 25.5. The van der Waals surface area contributed by atoms with E-state index in [1.807, 2.05) is 6.92 Å². The van der Waals surface area contributed by atoms with Crippen molar-refractivity contribution in [3.63, 3.8) is 0 Å². The fraction of sp³-hybridized carbons (Fsp3) is 0.385. The molecule has 9 nitrogen and oxygen atoms in total. The van der Waals surface area contributed by atoms with Crippen LogP contribution in [0.25, 0.3) is 5.76 Å². The number of likely N-dealkylation sites (tertiary alicyclic amines) is 1. The van der Waals surface area contributed by atoms with E-state index in [-0.39, 0.29) is 34.9 Å². The summed E-state index contributed by atoms with van der Waals surface area (Å²) >= 11 is 0. The number of hydrogen-bond acceptors (Lipinski definition) is 8. The predicted molar refractivity (Wildman–Crippen MR) is 129 cm³/mol. The molecule has 2 aromatic carbocycles. The molecule has 188 valence electrons. The normalized spacial score (nSPS) is 17.0. The fourth-order valence-corrected chi connectivity index (χ4v) is 4.09. The van der Waals surface area contributed by atoms with Crippen LogP contribution in [0.1, 0.15) is 37.4 Å². The van der Waals surface area contributed by atoms with Crippen LogP contribution in [0.2, 0.25) is 0 Å². The van der Waals surface area contributed by atoms with Gasteiger partial charge in [0.1, 0.15) is 17.3 Å². The number of hydrogen-bond donors (Lipinski definition) is 2. The van der Waals surface area contributed by atoms with Crippen molar-refractivity contribution in [1.82, 2.24) is 4.90 Å². The summed E-state index contributed by atoms with van der Waals surface area (Å²) in [7, 11) is 2.97. The van der Waals surface area contributed by atoms with Gasteiger partial charge in [-0.3, -0.25) is 9.59 Å². The molecule has 1 atom stereocenters. The maximum absolute atomic E-state index is 13.2. The Hall–Kier alpha value is -3.72. The maximum atomic E-state index is 13.2. The molecule has 1 saturated heterocycles. The predicted octanol–water partition coefficient (Wildman–Crippen LogP) is 3.66. The standard InChI is InChI=1S/C26H31NO8/c1-5-34-17-9-10-18(21(15-17)35-6-2)24(29)22-23(16-8-11-20(33-4)19(28)14-16)27(12-7-13-32-3)26(31)25(22)30/h8-11,14-15,23,28-29H,5-7,12-13H2,1-4H3/b24-22-. The van der Waals surface area contributed by atoms with Crippen molar-refractivity contribution in [2.75, 3.05) is 40.6 Å². The minimum Gasteiger partial charge on any atom is -0.507 e. The molecular weight excluding hydrogens is 454 g/mol. The van der Waals surface area contributed by atoms with Crippen molar-refractivity contribution in [2.24, 2.45) is 0 Å². The number of carbonyl (C=O) groups excluding carboxylic acids is 2. The Kier molecular flexibility index (Phi) is 8.59. The third-order valence-corrected chi connectivity index (χ3v) is 5.63. The lowest BCUT2D eigenvalue weighted by Crippen LogP contribution is -2.31. The summed E-state index contributed by atoms with van der Waals surface area (Å²) in [6, 6.07) is 8.56. The van der Waals surface area contributed by atoms with E-state index in [1.165, 1.54) is 18.1 Å². The van der Waals surface area contributed by atoms with E-state index >= 15 is 0 Å². The Balaban J connectivity index is 2.18. The Morgan fingerprint density at radius 2 is 1.74 bits per heavy atom. The van der Waals surface area contributed by atoms with E-state index < -0.39 is 17.7 Å². The number of nitrogens with zero attached hydrogens (tertiary/aromatic N) is 1. The van der Waals surface area contributed by atoms with Crippen molar-refractivity contribution in [3.05, 3.63) is 53.1 Å². The van der Waals surface area contributed by atoms with Crippen LogP contribution < -0.4 is 14.2 Å². The molecule has 0 radical (unpaired) electrons. The molecule has 1 fully saturated rings. The Morgan fingerprint density at radius 3 is 2.37 bits per heavy atom. The van der Waals surface area contributed by atoms with Crippen LogP contribution in [0.15, 0.2) is 42.0 Å². The van der Waals surface area contributed by atoms with E-state index in [0.29, 0.717) is 43.3 Å². The minimum absolute atomic E-state index is 0.0953. The molecule has 2 N–H and O–H groups in total. The van der Waals surface area contributed by atoms with Gasteiger partial charge >= 0.3 is 0 Å². The van der Waals surface area contributed by atoms with Crippen molar-refractivity contribution >= 4 is 17.4 Å². The summed E-state index contributed by atoms with van der Waals surface area (Å²) in [5.41, 5.74) is 0.611. The second-order valence-electron chi connectivity index (χ2n) is 7.79. The molecule has 1 amide bonds. The number of rotatable bonds is 11. The van der Waals surface area contributed by atoms with E-state index in [2.05, 4.69) is 0 Å². The lowest BCUT2D eigenvalue weighted by molar-refractivity contribution is -0.140. The van der Waals surface area contributed by atoms with Crippen LogP contribution in [0.3, 0.4) is 0 Å². The summed E-state index contributed by atoms with van der Waals surface area (Å²) in [4.78, 5) is 27.6. The maximum Gasteiger partial charge on any atom is 0.295 e. The van der Waals surface area contributed by atoms with Crippen molar-refractivity contribution in [3.8, 4) is 23.0 Å². The molecule has 0 aromatic heterocycles. The SMILES string of the molecule is CCOc1ccc(/C(O)=C2/C(=O)C(=O)N(CCCOC)C2c2ccc(OC)c(O)c2)c(OCC)c1. The zero-order valence-corrected chi connectivity index (χ0v) is 20.4. The highest BCUT2D eigenvalue weighted by Gasteiger charge is 2.46. The van der Waals surface area contributed by atoms with Gasteiger partial charge in [0.05, 0.1) is 37.5 Å². The number of aliphatic hydroxyl groups is 1. The van der Waals surface area contributed by atoms with Gasteiger partial charge < -0.3 is 34.1 Å². The first-order chi connectivity index (χ1) is 16.9. The number of aliphatic hydroxyl groups excluding tert-OH is 1. The fourth-order valence-electron chi connectivity index (χ4n) is 4.09. The molecule has 3 rings (SSSR count). The second kappa shape index (κ2) is 11.6. The Morgan fingerprint density at radius 1 is 1.00 bits per heavy atom. The number of aromatic hydroxyl groups is 1. The van der Waals surface area contributed by atoms with Gasteiger partial charge in [0.25, 0.3) is 11.7 Å². The van der Waals surface area contributed by atoms with Crippen LogP contribution in [-0.4, -0.2) is 67.4 Å². The summed E-state index contributed by atoms with van der Waals surface area (Å²) in [5, 5.41) is 21.8. The van der Waals surface area contributed by atoms with Gasteiger partial charge in [-0.05, 0) is 50.1 Å². The highest BCUT2D eigenvalue weighted by Crippen LogP contribution is 2.43. The van der Waals surface area contributed by atoms with Crippen LogP contribution in [0, 0.1) is 0 Å². The molecule has 2 aromatic rings. The number of ether oxygens (including phenoxy) is 4. The van der Waals surface area contributed by atoms with Gasteiger partial charge in [0.2, 0.25) is 0 Å². The molecule has 1 aliphatic heterocycles. The number of phenolic OH excluding ortho intramolecular Hbond substituents is 1. The topological polar surface area (TPSA) is 115 Å². The van der Waals surface area contributed by atoms with E-state index in [9.17, 15) is 19.8 Å². The van der Waals surface area contributed by atoms with Gasteiger partial charge in [-0.2, -0.15) is 0 Å². The van der Waals surface area contributed by atoms with E-state index in [4.69, 9.17) is 18.9 Å². The largest absolute Gasteiger partial charge is 0.507 e. The first kappa shape index (κ1) is 25.9. The quantitative estimate of drug-likeness (QED) is 0.215. The number of amides is 1. The van der Waals surface area contributed by atoms with Crippen molar-refractivity contribution in [1.29, 1.82) is 0 Å². The molecule has 0 bridgehead atoms. The summed E-state index contributed by atoms with van der Waals surface area (Å²) in [6.07, 6.45) is 0.482. The van der Waals surface area contributed by atoms with Crippen LogP contribution >= 0.6 is 0 Å². The van der Waals surface area contributed by atoms with Crippen molar-refractivity contribution < 1.29 is 38.7 Å². The molecule has 9 heteroatoms. The first-order valence-corrected chi connectivity index (χ1v) is 11.4. The molecule has 35 heavy (non-hydrogen) atoms. The van der Waals surface area contributed by atoms with E-state index in [0.717, 1.165) is 0 Å². The third-order valence-electron chi connectivity index (χ3n) is 5.63. The highest BCUT2D eigenvalue weighted by molar-refractivity contribution is 6.46. The number of phenols is 1. The minimum atomic E-state index is -0.926. The van der Waals surface area contributed by atoms with Gasteiger partial charge in [-0.25, -0.2) is 0 Å². The van der Waals surface area contributed by atoms with Gasteiger partial charge in [-0.15, -0.1) is 0 Å². The summed E-state index contributed by atoms with van der Waals surface area (Å²) in [6.45, 7) is 5.02. The number of methoxy groups -OCH3 is 2. The Bertz CT molecular complexity index is 1110. The van der Waals surface area contributed by atoms with Crippen LogP contribution in [0.4, 0.5) is 0 Å². The number of Topliss-reactive ketones (excluding diaryl/α,β-unsaturated/α-hetero) is 1. The zero-order valence-electron chi connectivity index (χ0n) is 20.4. The lowest BCUT2D eigenvalue weighted by atomic mass is 9.94. The molecule has 0 aliphatic carbocycles. The average molecular weight is 486 g/mol. The Labute approximate surface area is 204 Å². The average Bonchev–Trinajstić information content (AvgIpc) is 3.09. The lowest BCUT2D eigenvalue weighted by Gasteiger charge is -2.25. The molecule has 1 unspecified atom stereocenters. The highest BCUT2D eigenvalue weighted by atomic mass is 16.5. The first-order valence-electron chi connectivity index (χ1n) is 11.4. The number of ketones is 1.